The average Bonchev–Trinajstić information content (AvgIpc) is 2.73. The summed E-state index contributed by atoms with van der Waals surface area (Å²) in [6.07, 6.45) is 0. The Labute approximate surface area is 132 Å². The predicted molar refractivity (Wildman–Crippen MR) is 66.4 cm³/mol. The van der Waals surface area contributed by atoms with Crippen molar-refractivity contribution < 1.29 is 9.04 Å². The van der Waals surface area contributed by atoms with Gasteiger partial charge < -0.3 is 5.21 Å². The van der Waals surface area contributed by atoms with E-state index in [-0.39, 0.29) is 46.2 Å². The van der Waals surface area contributed by atoms with Gasteiger partial charge >= 0.3 is 35.2 Å². The van der Waals surface area contributed by atoms with E-state index in [0.29, 0.717) is 15.8 Å². The molecule has 8 nitrogen and oxygen atoms in total. The third-order valence-electron chi connectivity index (χ3n) is 2.32. The van der Waals surface area contributed by atoms with Crippen LogP contribution in [0.2, 0.25) is 0 Å². The van der Waals surface area contributed by atoms with E-state index in [0.717, 1.165) is 6.07 Å². The molecule has 1 heterocycles. The Balaban J connectivity index is 0.00000180. The van der Waals surface area contributed by atoms with Gasteiger partial charge in [-0.25, -0.2) is 0 Å². The Bertz CT molecular complexity index is 718. The summed E-state index contributed by atoms with van der Waals surface area (Å²) in [6.45, 7) is 0. The Hall–Kier alpha value is -1.78. The number of hydrogen-bond acceptors (Lipinski definition) is 7. The number of nitro benzene ring substituents is 1. The van der Waals surface area contributed by atoms with Gasteiger partial charge in [0, 0.05) is 16.0 Å². The first-order chi connectivity index (χ1) is 8.60. The van der Waals surface area contributed by atoms with Crippen LogP contribution in [-0.2, 0) is 0 Å². The van der Waals surface area contributed by atoms with E-state index in [4.69, 9.17) is 10.5 Å². The van der Waals surface area contributed by atoms with Crippen LogP contribution < -0.4 is 4.12 Å². The van der Waals surface area contributed by atoms with Gasteiger partial charge in [0.25, 0.3) is 22.8 Å². The molecule has 10 heteroatoms. The molecule has 0 saturated heterocycles. The molecule has 0 aliphatic heterocycles. The molecule has 0 spiro atoms. The zero-order chi connectivity index (χ0) is 13.3. The molecule has 2 aromatic rings. The Kier molecular flexibility index (Phi) is 4.75. The quantitative estimate of drug-likeness (QED) is 0.257. The molecule has 0 bridgehead atoms. The van der Waals surface area contributed by atoms with Crippen molar-refractivity contribution in [1.82, 2.24) is 4.37 Å². The number of nitriles is 2. The van der Waals surface area contributed by atoms with E-state index in [2.05, 4.69) is 4.37 Å². The van der Waals surface area contributed by atoms with Gasteiger partial charge in [-0.05, 0) is 6.07 Å². The molecule has 0 N–H and O–H groups in total. The van der Waals surface area contributed by atoms with E-state index >= 15 is 0 Å². The normalized spacial score (nSPS) is 9.63. The number of nitro groups is 1. The van der Waals surface area contributed by atoms with E-state index in [1.54, 1.807) is 12.1 Å². The van der Waals surface area contributed by atoms with Gasteiger partial charge in [-0.2, -0.15) is 14.6 Å². The number of rotatable bonds is 2. The van der Waals surface area contributed by atoms with E-state index in [9.17, 15) is 15.3 Å². The molecule has 0 radical (unpaired) electrons. The molecule has 90 valence electrons. The second-order valence-electron chi connectivity index (χ2n) is 3.25. The van der Waals surface area contributed by atoms with Crippen LogP contribution in [0.25, 0.3) is 11.0 Å². The van der Waals surface area contributed by atoms with Crippen molar-refractivity contribution in [2.75, 3.05) is 0 Å². The molecule has 0 unspecified atom stereocenters. The number of fused-ring (bicyclic) bond motifs is 1. The van der Waals surface area contributed by atoms with Crippen molar-refractivity contribution in [3.63, 3.8) is 0 Å². The molecule has 1 aromatic carbocycles. The standard InChI is InChI=1S/C9H3N5O3S.Na.H/c10-3-5(4-11)6-1-2-7(13(15)16)9-8(6)12-18-14(9)17;;/h1-2,5H;;. The van der Waals surface area contributed by atoms with Gasteiger partial charge in [-0.3, -0.25) is 10.1 Å². The Morgan fingerprint density at radius 2 is 2.05 bits per heavy atom. The van der Waals surface area contributed by atoms with Crippen molar-refractivity contribution in [2.45, 2.75) is 5.92 Å². The fourth-order valence-electron chi connectivity index (χ4n) is 1.53. The average molecular weight is 285 g/mol. The van der Waals surface area contributed by atoms with Crippen molar-refractivity contribution in [3.8, 4) is 12.1 Å². The van der Waals surface area contributed by atoms with Crippen LogP contribution >= 0.6 is 11.7 Å². The SMILES string of the molecule is N#CC(C#N)c1ccc([N+](=O)[O-])c2c1ns[n+]2[O-].[NaH]. The topological polar surface area (TPSA) is 131 Å². The monoisotopic (exact) mass is 285 g/mol. The maximum atomic E-state index is 11.5. The van der Waals surface area contributed by atoms with Gasteiger partial charge in [0.15, 0.2) is 5.92 Å². The third kappa shape index (κ3) is 2.50. The van der Waals surface area contributed by atoms with E-state index in [1.807, 2.05) is 0 Å². The summed E-state index contributed by atoms with van der Waals surface area (Å²) in [7, 11) is 0. The number of hydrogen-bond donors (Lipinski definition) is 0. The molecule has 0 fully saturated rings. The summed E-state index contributed by atoms with van der Waals surface area (Å²) in [6, 6.07) is 5.86. The van der Waals surface area contributed by atoms with Crippen LogP contribution in [0.3, 0.4) is 0 Å². The van der Waals surface area contributed by atoms with Crippen molar-refractivity contribution >= 4 is 58.0 Å². The minimum absolute atomic E-state index is 0. The summed E-state index contributed by atoms with van der Waals surface area (Å²) in [5, 5.41) is 39.9. The number of nitrogens with zero attached hydrogens (tertiary/aromatic N) is 5. The molecule has 0 saturated carbocycles. The van der Waals surface area contributed by atoms with Crippen molar-refractivity contribution in [3.05, 3.63) is 33.0 Å². The molecular weight excluding hydrogens is 281 g/mol. The van der Waals surface area contributed by atoms with Crippen LogP contribution in [0.1, 0.15) is 11.5 Å². The fraction of sp³-hybridized carbons (Fsp3) is 0.111. The van der Waals surface area contributed by atoms with Gasteiger partial charge in [0.05, 0.1) is 17.1 Å². The zero-order valence-electron chi connectivity index (χ0n) is 8.60. The Morgan fingerprint density at radius 3 is 2.58 bits per heavy atom. The number of aromatic nitrogens is 2. The second-order valence-corrected chi connectivity index (χ2v) is 3.93. The van der Waals surface area contributed by atoms with Crippen LogP contribution in [0, 0.1) is 38.0 Å². The zero-order valence-corrected chi connectivity index (χ0v) is 9.42. The van der Waals surface area contributed by atoms with Crippen molar-refractivity contribution in [1.29, 1.82) is 10.5 Å². The van der Waals surface area contributed by atoms with Crippen LogP contribution in [0.5, 0.6) is 0 Å². The summed E-state index contributed by atoms with van der Waals surface area (Å²) < 4.78 is 4.06. The molecule has 0 aliphatic carbocycles. The molecule has 2 rings (SSSR count). The van der Waals surface area contributed by atoms with Gasteiger partial charge in [-0.1, -0.05) is 0 Å². The second kappa shape index (κ2) is 5.91. The van der Waals surface area contributed by atoms with Crippen LogP contribution in [0.15, 0.2) is 12.1 Å². The molecule has 1 aromatic heterocycles. The summed E-state index contributed by atoms with van der Waals surface area (Å²) >= 11 is 0.490. The number of benzene rings is 1. The van der Waals surface area contributed by atoms with E-state index < -0.39 is 16.5 Å². The van der Waals surface area contributed by atoms with Gasteiger partial charge in [0.2, 0.25) is 0 Å². The molecule has 0 aliphatic rings. The first kappa shape index (κ1) is 15.3. The Morgan fingerprint density at radius 1 is 1.42 bits per heavy atom. The summed E-state index contributed by atoms with van der Waals surface area (Å²) in [5.41, 5.74) is -0.395. The summed E-state index contributed by atoms with van der Waals surface area (Å²) in [5.74, 6) is -1.12. The van der Waals surface area contributed by atoms with Crippen molar-refractivity contribution in [2.24, 2.45) is 0 Å². The van der Waals surface area contributed by atoms with Crippen LogP contribution in [-0.4, -0.2) is 38.9 Å². The van der Waals surface area contributed by atoms with Gasteiger partial charge in [0.1, 0.15) is 0 Å². The third-order valence-corrected chi connectivity index (χ3v) is 2.91. The van der Waals surface area contributed by atoms with Gasteiger partial charge in [-0.15, -0.1) is 0 Å². The minimum atomic E-state index is -1.12. The first-order valence-electron chi connectivity index (χ1n) is 4.56. The molecular formula is C9H4N5NaO3S. The number of non-ortho nitro benzene ring substituents is 1. The first-order valence-corrected chi connectivity index (χ1v) is 5.29. The molecule has 0 atom stereocenters. The molecule has 19 heavy (non-hydrogen) atoms. The fourth-order valence-corrected chi connectivity index (χ4v) is 2.14. The maximum absolute atomic E-state index is 11.5. The predicted octanol–water partition coefficient (Wildman–Crippen LogP) is 0.320. The summed E-state index contributed by atoms with van der Waals surface area (Å²) in [4.78, 5) is 10.1. The van der Waals surface area contributed by atoms with Crippen LogP contribution in [0.4, 0.5) is 5.69 Å². The van der Waals surface area contributed by atoms with E-state index in [1.165, 1.54) is 6.07 Å². The molecule has 0 amide bonds.